The minimum atomic E-state index is -0.825. The Morgan fingerprint density at radius 2 is 1.62 bits per heavy atom. The number of halogens is 4. The van der Waals surface area contributed by atoms with E-state index < -0.39 is 17.8 Å². The molecule has 0 unspecified atom stereocenters. The number of barbiturate groups is 1. The first kappa shape index (κ1) is 24.5. The van der Waals surface area contributed by atoms with E-state index in [2.05, 4.69) is 27.9 Å². The Balaban J connectivity index is 1.55. The van der Waals surface area contributed by atoms with Crippen LogP contribution in [0, 0.1) is 3.57 Å². The molecule has 10 heteroatoms. The summed E-state index contributed by atoms with van der Waals surface area (Å²) >= 11 is 20.1. The van der Waals surface area contributed by atoms with Crippen molar-refractivity contribution in [2.45, 2.75) is 6.61 Å². The van der Waals surface area contributed by atoms with E-state index in [1.54, 1.807) is 48.5 Å². The van der Waals surface area contributed by atoms with Crippen LogP contribution in [-0.2, 0) is 16.2 Å². The molecule has 4 amide bonds. The van der Waals surface area contributed by atoms with Gasteiger partial charge in [-0.3, -0.25) is 14.9 Å². The number of rotatable bonds is 5. The molecule has 1 fully saturated rings. The number of carbonyl (C=O) groups excluding carboxylic acids is 3. The summed E-state index contributed by atoms with van der Waals surface area (Å²) in [4.78, 5) is 38.6. The molecule has 0 aromatic heterocycles. The SMILES string of the molecule is O=C1NC(=O)N(c2ccc(Cl)cc2)C(=O)/C1=C/c1ccc(OCc2ccc(Cl)cc2Cl)c(I)c1. The van der Waals surface area contributed by atoms with Gasteiger partial charge in [0.15, 0.2) is 0 Å². The zero-order valence-electron chi connectivity index (χ0n) is 17.2. The van der Waals surface area contributed by atoms with Gasteiger partial charge in [-0.1, -0.05) is 46.9 Å². The van der Waals surface area contributed by atoms with Crippen molar-refractivity contribution in [1.82, 2.24) is 5.32 Å². The molecule has 0 bridgehead atoms. The Labute approximate surface area is 223 Å². The van der Waals surface area contributed by atoms with E-state index in [0.29, 0.717) is 32.1 Å². The minimum Gasteiger partial charge on any atom is -0.488 e. The standard InChI is InChI=1S/C24H14Cl3IN2O4/c25-15-4-6-17(7-5-15)30-23(32)18(22(31)29-24(30)33)9-13-1-8-21(20(28)10-13)34-12-14-2-3-16(26)11-19(14)27/h1-11H,12H2,(H,29,31,33)/b18-9+. The molecule has 1 aliphatic heterocycles. The van der Waals surface area contributed by atoms with Gasteiger partial charge in [0, 0.05) is 20.6 Å². The predicted octanol–water partition coefficient (Wildman–Crippen LogP) is 6.50. The van der Waals surface area contributed by atoms with Crippen molar-refractivity contribution in [1.29, 1.82) is 0 Å². The van der Waals surface area contributed by atoms with Crippen LogP contribution < -0.4 is 15.0 Å². The molecule has 1 saturated heterocycles. The number of imide groups is 2. The number of nitrogens with one attached hydrogen (secondary N) is 1. The van der Waals surface area contributed by atoms with Gasteiger partial charge in [0.05, 0.1) is 9.26 Å². The van der Waals surface area contributed by atoms with Crippen LogP contribution in [0.4, 0.5) is 10.5 Å². The lowest BCUT2D eigenvalue weighted by Gasteiger charge is -2.26. The molecule has 1 heterocycles. The van der Waals surface area contributed by atoms with Crippen molar-refractivity contribution < 1.29 is 19.1 Å². The average molecular weight is 628 g/mol. The highest BCUT2D eigenvalue weighted by atomic mass is 127. The zero-order valence-corrected chi connectivity index (χ0v) is 21.6. The van der Waals surface area contributed by atoms with Crippen molar-refractivity contribution in [3.63, 3.8) is 0 Å². The highest BCUT2D eigenvalue weighted by molar-refractivity contribution is 14.1. The Bertz CT molecular complexity index is 1340. The molecule has 0 aliphatic carbocycles. The average Bonchev–Trinajstić information content (AvgIpc) is 2.78. The molecule has 0 saturated carbocycles. The zero-order chi connectivity index (χ0) is 24.4. The predicted molar refractivity (Wildman–Crippen MR) is 140 cm³/mol. The van der Waals surface area contributed by atoms with Crippen LogP contribution in [0.2, 0.25) is 15.1 Å². The third-order valence-corrected chi connectivity index (χ3v) is 6.53. The van der Waals surface area contributed by atoms with Gasteiger partial charge in [-0.15, -0.1) is 0 Å². The van der Waals surface area contributed by atoms with E-state index in [4.69, 9.17) is 39.5 Å². The summed E-state index contributed by atoms with van der Waals surface area (Å²) in [6.45, 7) is 0.242. The first-order valence-electron chi connectivity index (χ1n) is 9.76. The monoisotopic (exact) mass is 626 g/mol. The van der Waals surface area contributed by atoms with Gasteiger partial charge < -0.3 is 4.74 Å². The molecular weight excluding hydrogens is 614 g/mol. The van der Waals surface area contributed by atoms with E-state index in [9.17, 15) is 14.4 Å². The van der Waals surface area contributed by atoms with Gasteiger partial charge in [-0.05, 0) is 82.8 Å². The third kappa shape index (κ3) is 5.38. The summed E-state index contributed by atoms with van der Waals surface area (Å²) in [5.41, 5.74) is 1.49. The number of hydrogen-bond donors (Lipinski definition) is 1. The van der Waals surface area contributed by atoms with E-state index in [0.717, 1.165) is 14.0 Å². The second kappa shape index (κ2) is 10.4. The number of anilines is 1. The lowest BCUT2D eigenvalue weighted by molar-refractivity contribution is -0.122. The quantitative estimate of drug-likeness (QED) is 0.199. The Kier molecular flexibility index (Phi) is 7.47. The molecule has 3 aromatic rings. The van der Waals surface area contributed by atoms with Crippen LogP contribution in [0.15, 0.2) is 66.2 Å². The summed E-state index contributed by atoms with van der Waals surface area (Å²) < 4.78 is 6.62. The number of carbonyl (C=O) groups is 3. The maximum atomic E-state index is 13.0. The van der Waals surface area contributed by atoms with Gasteiger partial charge >= 0.3 is 6.03 Å². The van der Waals surface area contributed by atoms with Gasteiger partial charge in [0.2, 0.25) is 0 Å². The molecule has 3 aromatic carbocycles. The normalized spacial score (nSPS) is 15.0. The lowest BCUT2D eigenvalue weighted by atomic mass is 10.1. The number of urea groups is 1. The minimum absolute atomic E-state index is 0.174. The second-order valence-corrected chi connectivity index (χ2v) is 9.59. The number of benzene rings is 3. The number of nitrogens with zero attached hydrogens (tertiary/aromatic N) is 1. The highest BCUT2D eigenvalue weighted by Crippen LogP contribution is 2.28. The van der Waals surface area contributed by atoms with Gasteiger partial charge in [0.1, 0.15) is 17.9 Å². The van der Waals surface area contributed by atoms with Gasteiger partial charge in [-0.25, -0.2) is 9.69 Å². The Morgan fingerprint density at radius 1 is 0.912 bits per heavy atom. The maximum Gasteiger partial charge on any atom is 0.335 e. The van der Waals surface area contributed by atoms with Gasteiger partial charge in [0.25, 0.3) is 11.8 Å². The smallest absolute Gasteiger partial charge is 0.335 e. The molecule has 1 aliphatic rings. The van der Waals surface area contributed by atoms with E-state index in [1.807, 2.05) is 0 Å². The fourth-order valence-electron chi connectivity index (χ4n) is 3.17. The number of ether oxygens (including phenoxy) is 1. The van der Waals surface area contributed by atoms with Crippen LogP contribution in [0.5, 0.6) is 5.75 Å². The fourth-order valence-corrected chi connectivity index (χ4v) is 4.45. The largest absolute Gasteiger partial charge is 0.488 e. The summed E-state index contributed by atoms with van der Waals surface area (Å²) in [7, 11) is 0. The van der Waals surface area contributed by atoms with Crippen molar-refractivity contribution in [2.24, 2.45) is 0 Å². The van der Waals surface area contributed by atoms with Crippen LogP contribution in [0.25, 0.3) is 6.08 Å². The summed E-state index contributed by atoms with van der Waals surface area (Å²) in [6.07, 6.45) is 1.43. The van der Waals surface area contributed by atoms with Crippen LogP contribution in [-0.4, -0.2) is 17.8 Å². The van der Waals surface area contributed by atoms with Crippen molar-refractivity contribution in [3.8, 4) is 5.75 Å². The first-order chi connectivity index (χ1) is 16.2. The molecule has 0 atom stereocenters. The third-order valence-electron chi connectivity index (χ3n) is 4.85. The topological polar surface area (TPSA) is 75.7 Å². The maximum absolute atomic E-state index is 13.0. The summed E-state index contributed by atoms with van der Waals surface area (Å²) in [6, 6.07) is 15.7. The molecule has 4 rings (SSSR count). The second-order valence-electron chi connectivity index (χ2n) is 7.15. The molecule has 0 spiro atoms. The molecule has 0 radical (unpaired) electrons. The van der Waals surface area contributed by atoms with Crippen LogP contribution in [0.1, 0.15) is 11.1 Å². The van der Waals surface area contributed by atoms with E-state index in [1.165, 1.54) is 18.2 Å². The molecular formula is C24H14Cl3IN2O4. The fraction of sp³-hybridized carbons (Fsp3) is 0.0417. The number of amides is 4. The first-order valence-corrected chi connectivity index (χ1v) is 12.0. The van der Waals surface area contributed by atoms with E-state index >= 15 is 0 Å². The Hall–Kier alpha value is -2.59. The number of hydrogen-bond acceptors (Lipinski definition) is 4. The van der Waals surface area contributed by atoms with Crippen molar-refractivity contribution >= 4 is 87.0 Å². The molecule has 34 heavy (non-hydrogen) atoms. The lowest BCUT2D eigenvalue weighted by Crippen LogP contribution is -2.54. The molecule has 6 nitrogen and oxygen atoms in total. The van der Waals surface area contributed by atoms with Crippen molar-refractivity contribution in [3.05, 3.63) is 96.0 Å². The van der Waals surface area contributed by atoms with Crippen LogP contribution >= 0.6 is 57.4 Å². The summed E-state index contributed by atoms with van der Waals surface area (Å²) in [5.74, 6) is -0.900. The van der Waals surface area contributed by atoms with Crippen molar-refractivity contribution in [2.75, 3.05) is 4.90 Å². The molecule has 172 valence electrons. The van der Waals surface area contributed by atoms with E-state index in [-0.39, 0.29) is 12.2 Å². The Morgan fingerprint density at radius 3 is 2.29 bits per heavy atom. The summed E-state index contributed by atoms with van der Waals surface area (Å²) in [5, 5.41) is 3.69. The van der Waals surface area contributed by atoms with Crippen LogP contribution in [0.3, 0.4) is 0 Å². The van der Waals surface area contributed by atoms with Gasteiger partial charge in [-0.2, -0.15) is 0 Å². The highest BCUT2D eigenvalue weighted by Gasteiger charge is 2.36. The molecule has 1 N–H and O–H groups in total.